The molecule has 1 aromatic carbocycles. The van der Waals surface area contributed by atoms with E-state index in [0.29, 0.717) is 23.7 Å². The molecule has 0 saturated heterocycles. The molecule has 0 unspecified atom stereocenters. The number of aromatic nitrogens is 3. The molecule has 0 bridgehead atoms. The maximum atomic E-state index is 10.0. The minimum atomic E-state index is 0.112. The SMILES string of the molecule is CC(C)(C)c1ccc(-c2nc3n(c(=NCCCC4CCCCC4)n2)CC(O)=C3)cc1. The molecule has 2 aromatic rings. The van der Waals surface area contributed by atoms with Gasteiger partial charge in [0.1, 0.15) is 11.6 Å². The van der Waals surface area contributed by atoms with E-state index in [2.05, 4.69) is 50.0 Å². The summed E-state index contributed by atoms with van der Waals surface area (Å²) in [5.41, 5.74) is 3.04. The van der Waals surface area contributed by atoms with E-state index >= 15 is 0 Å². The second-order valence-corrected chi connectivity index (χ2v) is 9.78. The summed E-state index contributed by atoms with van der Waals surface area (Å²) in [6, 6.07) is 8.46. The van der Waals surface area contributed by atoms with Crippen molar-refractivity contribution in [1.82, 2.24) is 14.5 Å². The molecule has 5 nitrogen and oxygen atoms in total. The van der Waals surface area contributed by atoms with Gasteiger partial charge in [0.2, 0.25) is 5.62 Å². The molecule has 2 aliphatic rings. The highest BCUT2D eigenvalue weighted by atomic mass is 16.3. The first-order valence-electron chi connectivity index (χ1n) is 11.4. The molecule has 5 heteroatoms. The number of nitrogens with zero attached hydrogens (tertiary/aromatic N) is 4. The van der Waals surface area contributed by atoms with Crippen LogP contribution in [0.5, 0.6) is 0 Å². The zero-order valence-electron chi connectivity index (χ0n) is 18.6. The van der Waals surface area contributed by atoms with Crippen LogP contribution in [0.15, 0.2) is 35.0 Å². The minimum absolute atomic E-state index is 0.112. The minimum Gasteiger partial charge on any atom is -0.510 e. The number of hydrogen-bond donors (Lipinski definition) is 1. The fourth-order valence-electron chi connectivity index (χ4n) is 4.47. The molecule has 0 radical (unpaired) electrons. The van der Waals surface area contributed by atoms with E-state index in [-0.39, 0.29) is 5.41 Å². The number of aliphatic hydroxyl groups is 1. The van der Waals surface area contributed by atoms with Crippen molar-refractivity contribution < 1.29 is 5.11 Å². The molecule has 1 aromatic heterocycles. The van der Waals surface area contributed by atoms with Gasteiger partial charge in [0.15, 0.2) is 5.82 Å². The molecule has 1 N–H and O–H groups in total. The first kappa shape index (κ1) is 20.8. The fraction of sp³-hybridized carbons (Fsp3) is 0.560. The van der Waals surface area contributed by atoms with E-state index in [1.165, 1.54) is 44.1 Å². The molecular weight excluding hydrogens is 372 g/mol. The fourth-order valence-corrected chi connectivity index (χ4v) is 4.47. The standard InChI is InChI=1S/C25H34N4O/c1-25(2,3)20-13-11-19(12-14-20)23-27-22-16-21(30)17-29(22)24(28-23)26-15-7-10-18-8-5-4-6-9-18/h11-14,16,18,30H,4-10,15,17H2,1-3H3. The van der Waals surface area contributed by atoms with Gasteiger partial charge in [0.25, 0.3) is 0 Å². The Labute approximate surface area is 179 Å². The quantitative estimate of drug-likeness (QED) is 0.675. The number of hydrogen-bond acceptors (Lipinski definition) is 4. The van der Waals surface area contributed by atoms with Crippen molar-refractivity contribution in [2.24, 2.45) is 10.9 Å². The van der Waals surface area contributed by atoms with Gasteiger partial charge in [-0.2, -0.15) is 4.98 Å². The molecular formula is C25H34N4O. The third-order valence-corrected chi connectivity index (χ3v) is 6.32. The van der Waals surface area contributed by atoms with Gasteiger partial charge in [0.05, 0.1) is 6.54 Å². The Bertz CT molecular complexity index is 974. The summed E-state index contributed by atoms with van der Waals surface area (Å²) in [4.78, 5) is 14.3. The number of benzene rings is 1. The molecule has 30 heavy (non-hydrogen) atoms. The van der Waals surface area contributed by atoms with E-state index in [1.54, 1.807) is 6.08 Å². The molecule has 4 rings (SSSR count). The maximum absolute atomic E-state index is 10.0. The van der Waals surface area contributed by atoms with Crippen molar-refractivity contribution in [2.45, 2.75) is 77.7 Å². The van der Waals surface area contributed by atoms with Crippen LogP contribution < -0.4 is 5.62 Å². The number of allylic oxidation sites excluding steroid dienone is 1. The van der Waals surface area contributed by atoms with Crippen molar-refractivity contribution in [3.63, 3.8) is 0 Å². The van der Waals surface area contributed by atoms with Crippen molar-refractivity contribution in [3.05, 3.63) is 47.0 Å². The summed E-state index contributed by atoms with van der Waals surface area (Å²) in [6.07, 6.45) is 11.0. The van der Waals surface area contributed by atoms with E-state index < -0.39 is 0 Å². The average molecular weight is 407 g/mol. The highest BCUT2D eigenvalue weighted by Gasteiger charge is 2.18. The average Bonchev–Trinajstić information content (AvgIpc) is 3.11. The molecule has 1 fully saturated rings. The Balaban J connectivity index is 1.56. The lowest BCUT2D eigenvalue weighted by Gasteiger charge is -2.20. The van der Waals surface area contributed by atoms with Crippen molar-refractivity contribution in [2.75, 3.05) is 6.54 Å². The van der Waals surface area contributed by atoms with Crippen molar-refractivity contribution in [1.29, 1.82) is 0 Å². The summed E-state index contributed by atoms with van der Waals surface area (Å²) in [5, 5.41) is 10.0. The van der Waals surface area contributed by atoms with Crippen LogP contribution in [0.2, 0.25) is 0 Å². The molecule has 160 valence electrons. The van der Waals surface area contributed by atoms with Gasteiger partial charge in [-0.3, -0.25) is 9.56 Å². The van der Waals surface area contributed by atoms with E-state index in [0.717, 1.165) is 30.3 Å². The smallest absolute Gasteiger partial charge is 0.228 e. The lowest BCUT2D eigenvalue weighted by molar-refractivity contribution is 0.333. The second kappa shape index (κ2) is 8.75. The number of rotatable bonds is 5. The van der Waals surface area contributed by atoms with Crippen LogP contribution in [0.3, 0.4) is 0 Å². The molecule has 1 aliphatic heterocycles. The molecule has 0 amide bonds. The van der Waals surface area contributed by atoms with Gasteiger partial charge in [-0.1, -0.05) is 77.1 Å². The summed E-state index contributed by atoms with van der Waals surface area (Å²) in [6.45, 7) is 7.81. The molecule has 2 heterocycles. The Hall–Kier alpha value is -2.43. The van der Waals surface area contributed by atoms with Gasteiger partial charge in [-0.05, 0) is 29.7 Å². The summed E-state index contributed by atoms with van der Waals surface area (Å²) in [7, 11) is 0. The zero-order chi connectivity index (χ0) is 21.1. The highest BCUT2D eigenvalue weighted by Crippen LogP contribution is 2.27. The van der Waals surface area contributed by atoms with Crippen molar-refractivity contribution in [3.8, 4) is 11.4 Å². The molecule has 0 spiro atoms. The normalized spacial score (nSPS) is 17.8. The Morgan fingerprint density at radius 1 is 1.07 bits per heavy atom. The Kier molecular flexibility index (Phi) is 6.07. The van der Waals surface area contributed by atoms with Gasteiger partial charge >= 0.3 is 0 Å². The van der Waals surface area contributed by atoms with Crippen LogP contribution in [-0.2, 0) is 12.0 Å². The largest absolute Gasteiger partial charge is 0.510 e. The van der Waals surface area contributed by atoms with Crippen LogP contribution in [0, 0.1) is 5.92 Å². The second-order valence-electron chi connectivity index (χ2n) is 9.78. The Morgan fingerprint density at radius 3 is 2.50 bits per heavy atom. The first-order chi connectivity index (χ1) is 14.4. The first-order valence-corrected chi connectivity index (χ1v) is 11.4. The molecule has 1 saturated carbocycles. The summed E-state index contributed by atoms with van der Waals surface area (Å²) >= 11 is 0. The van der Waals surface area contributed by atoms with Gasteiger partial charge in [-0.25, -0.2) is 4.98 Å². The zero-order valence-corrected chi connectivity index (χ0v) is 18.6. The van der Waals surface area contributed by atoms with Crippen molar-refractivity contribution >= 4 is 6.08 Å². The summed E-state index contributed by atoms with van der Waals surface area (Å²) in [5.74, 6) is 2.57. The van der Waals surface area contributed by atoms with Gasteiger partial charge in [0, 0.05) is 18.2 Å². The molecule has 1 aliphatic carbocycles. The van der Waals surface area contributed by atoms with Crippen LogP contribution in [0.4, 0.5) is 0 Å². The van der Waals surface area contributed by atoms with E-state index in [1.807, 2.05) is 4.57 Å². The van der Waals surface area contributed by atoms with Crippen LogP contribution in [-0.4, -0.2) is 26.2 Å². The predicted molar refractivity (Wildman–Crippen MR) is 121 cm³/mol. The van der Waals surface area contributed by atoms with Gasteiger partial charge < -0.3 is 5.11 Å². The van der Waals surface area contributed by atoms with E-state index in [9.17, 15) is 5.11 Å². The topological polar surface area (TPSA) is 63.3 Å². The monoisotopic (exact) mass is 406 g/mol. The van der Waals surface area contributed by atoms with Crippen LogP contribution in [0.1, 0.15) is 77.1 Å². The third kappa shape index (κ3) is 4.82. The lowest BCUT2D eigenvalue weighted by atomic mass is 9.86. The van der Waals surface area contributed by atoms with Crippen LogP contribution in [0.25, 0.3) is 17.5 Å². The number of aliphatic hydroxyl groups excluding tert-OH is 1. The summed E-state index contributed by atoms with van der Waals surface area (Å²) < 4.78 is 1.91. The third-order valence-electron chi connectivity index (χ3n) is 6.32. The van der Waals surface area contributed by atoms with E-state index in [4.69, 9.17) is 9.98 Å². The van der Waals surface area contributed by atoms with Crippen LogP contribution >= 0.6 is 0 Å². The predicted octanol–water partition coefficient (Wildman–Crippen LogP) is 5.42. The molecule has 0 atom stereocenters. The van der Waals surface area contributed by atoms with Gasteiger partial charge in [-0.15, -0.1) is 0 Å². The Morgan fingerprint density at radius 2 is 1.80 bits per heavy atom. The lowest BCUT2D eigenvalue weighted by Crippen LogP contribution is -2.27. The highest BCUT2D eigenvalue weighted by molar-refractivity contribution is 5.58. The maximum Gasteiger partial charge on any atom is 0.228 e. The number of fused-ring (bicyclic) bond motifs is 1.